The van der Waals surface area contributed by atoms with E-state index in [1.807, 2.05) is 36.6 Å². The quantitative estimate of drug-likeness (QED) is 0.762. The van der Waals surface area contributed by atoms with Gasteiger partial charge in [0.15, 0.2) is 9.84 Å². The minimum Gasteiger partial charge on any atom is -0.459 e. The lowest BCUT2D eigenvalue weighted by molar-refractivity contribution is -0.146. The number of ether oxygens (including phenoxy) is 1. The summed E-state index contributed by atoms with van der Waals surface area (Å²) in [6.07, 6.45) is 0.708. The molecule has 3 rings (SSSR count). The number of rotatable bonds is 5. The smallest absolute Gasteiger partial charge is 0.306 e. The minimum atomic E-state index is -2.96. The molecule has 0 unspecified atom stereocenters. The van der Waals surface area contributed by atoms with Crippen molar-refractivity contribution in [1.82, 2.24) is 4.98 Å². The van der Waals surface area contributed by atoms with Crippen molar-refractivity contribution in [1.29, 1.82) is 0 Å². The molecule has 1 aliphatic heterocycles. The van der Waals surface area contributed by atoms with Crippen LogP contribution in [-0.4, -0.2) is 30.9 Å². The Hall–Kier alpha value is -1.73. The zero-order valence-electron chi connectivity index (χ0n) is 13.4. The van der Waals surface area contributed by atoms with Gasteiger partial charge in [0, 0.05) is 17.4 Å². The van der Waals surface area contributed by atoms with Crippen LogP contribution >= 0.6 is 11.3 Å². The Morgan fingerprint density at radius 2 is 2.08 bits per heavy atom. The van der Waals surface area contributed by atoms with E-state index in [0.717, 1.165) is 10.6 Å². The summed E-state index contributed by atoms with van der Waals surface area (Å²) in [6, 6.07) is 8.10. The van der Waals surface area contributed by atoms with Gasteiger partial charge in [0.05, 0.1) is 17.2 Å². The van der Waals surface area contributed by atoms with E-state index >= 15 is 0 Å². The van der Waals surface area contributed by atoms with Gasteiger partial charge in [-0.1, -0.05) is 29.8 Å². The number of sulfone groups is 1. The van der Waals surface area contributed by atoms with Gasteiger partial charge < -0.3 is 4.74 Å². The Labute approximate surface area is 145 Å². The second-order valence-electron chi connectivity index (χ2n) is 6.14. The van der Waals surface area contributed by atoms with Gasteiger partial charge in [-0.25, -0.2) is 13.4 Å². The first-order valence-corrected chi connectivity index (χ1v) is 10.5. The molecule has 0 bridgehead atoms. The van der Waals surface area contributed by atoms with Crippen molar-refractivity contribution in [3.05, 3.63) is 40.9 Å². The second-order valence-corrected chi connectivity index (χ2v) is 9.23. The van der Waals surface area contributed by atoms with E-state index in [1.165, 1.54) is 16.9 Å². The third-order valence-electron chi connectivity index (χ3n) is 4.01. The van der Waals surface area contributed by atoms with Gasteiger partial charge in [0.2, 0.25) is 0 Å². The standard InChI is InChI=1S/C17H19NO4S2/c1-12-2-4-14(5-3-12)17-18-15(10-23-17)9-22-16(19)8-13-6-7-24(20,21)11-13/h2-5,10,13H,6-9,11H2,1H3/t13-/m1/s1. The Bertz CT molecular complexity index is 825. The van der Waals surface area contributed by atoms with Crippen LogP contribution in [-0.2, 0) is 26.0 Å². The number of nitrogens with zero attached hydrogens (tertiary/aromatic N) is 1. The molecule has 128 valence electrons. The number of hydrogen-bond acceptors (Lipinski definition) is 6. The van der Waals surface area contributed by atoms with Gasteiger partial charge in [-0.15, -0.1) is 11.3 Å². The highest BCUT2D eigenvalue weighted by molar-refractivity contribution is 7.91. The summed E-state index contributed by atoms with van der Waals surface area (Å²) in [6.45, 7) is 2.16. The molecule has 1 aromatic carbocycles. The summed E-state index contributed by atoms with van der Waals surface area (Å²) in [7, 11) is -2.96. The molecule has 1 aromatic heterocycles. The molecule has 0 N–H and O–H groups in total. The van der Waals surface area contributed by atoms with Crippen LogP contribution in [0.25, 0.3) is 10.6 Å². The molecular weight excluding hydrogens is 346 g/mol. The lowest BCUT2D eigenvalue weighted by Crippen LogP contribution is -2.13. The van der Waals surface area contributed by atoms with Gasteiger partial charge in [-0.3, -0.25) is 4.79 Å². The Kier molecular flexibility index (Phi) is 5.01. The molecule has 5 nitrogen and oxygen atoms in total. The van der Waals surface area contributed by atoms with Crippen LogP contribution in [0.2, 0.25) is 0 Å². The number of thiazole rings is 1. The lowest BCUT2D eigenvalue weighted by Gasteiger charge is -2.07. The Morgan fingerprint density at radius 3 is 2.75 bits per heavy atom. The van der Waals surface area contributed by atoms with Gasteiger partial charge in [0.1, 0.15) is 11.6 Å². The van der Waals surface area contributed by atoms with Gasteiger partial charge >= 0.3 is 5.97 Å². The van der Waals surface area contributed by atoms with Crippen molar-refractivity contribution >= 4 is 27.1 Å². The molecule has 24 heavy (non-hydrogen) atoms. The maximum atomic E-state index is 11.9. The van der Waals surface area contributed by atoms with E-state index in [0.29, 0.717) is 12.1 Å². The van der Waals surface area contributed by atoms with E-state index in [4.69, 9.17) is 4.74 Å². The van der Waals surface area contributed by atoms with E-state index in [9.17, 15) is 13.2 Å². The highest BCUT2D eigenvalue weighted by atomic mass is 32.2. The predicted octanol–water partition coefficient (Wildman–Crippen LogP) is 2.99. The first-order valence-electron chi connectivity index (χ1n) is 7.79. The lowest BCUT2D eigenvalue weighted by atomic mass is 10.1. The number of hydrogen-bond donors (Lipinski definition) is 0. The number of aryl methyl sites for hydroxylation is 1. The van der Waals surface area contributed by atoms with Crippen LogP contribution in [0.1, 0.15) is 24.1 Å². The summed E-state index contributed by atoms with van der Waals surface area (Å²) < 4.78 is 28.0. The van der Waals surface area contributed by atoms with Crippen molar-refractivity contribution in [3.63, 3.8) is 0 Å². The zero-order valence-corrected chi connectivity index (χ0v) is 15.0. The topological polar surface area (TPSA) is 73.3 Å². The number of esters is 1. The van der Waals surface area contributed by atoms with Crippen molar-refractivity contribution in [2.75, 3.05) is 11.5 Å². The fraction of sp³-hybridized carbons (Fsp3) is 0.412. The second kappa shape index (κ2) is 7.03. The molecule has 0 spiro atoms. The normalized spacial score (nSPS) is 19.3. The fourth-order valence-electron chi connectivity index (χ4n) is 2.68. The SMILES string of the molecule is Cc1ccc(-c2nc(COC(=O)C[C@H]3CCS(=O)(=O)C3)cs2)cc1. The van der Waals surface area contributed by atoms with Crippen molar-refractivity contribution in [3.8, 4) is 10.6 Å². The van der Waals surface area contributed by atoms with Crippen molar-refractivity contribution < 1.29 is 17.9 Å². The first-order chi connectivity index (χ1) is 11.4. The van der Waals surface area contributed by atoms with Crippen LogP contribution < -0.4 is 0 Å². The predicted molar refractivity (Wildman–Crippen MR) is 93.5 cm³/mol. The molecule has 0 radical (unpaired) electrons. The van der Waals surface area contributed by atoms with Gasteiger partial charge in [-0.05, 0) is 19.3 Å². The van der Waals surface area contributed by atoms with Crippen LogP contribution in [0.4, 0.5) is 0 Å². The number of aromatic nitrogens is 1. The molecule has 1 aliphatic rings. The van der Waals surface area contributed by atoms with Crippen LogP contribution in [0.15, 0.2) is 29.6 Å². The summed E-state index contributed by atoms with van der Waals surface area (Å²) in [4.78, 5) is 16.3. The molecule has 0 amide bonds. The Morgan fingerprint density at radius 1 is 1.33 bits per heavy atom. The molecule has 0 saturated carbocycles. The maximum Gasteiger partial charge on any atom is 0.306 e. The van der Waals surface area contributed by atoms with Crippen LogP contribution in [0.5, 0.6) is 0 Å². The molecule has 1 saturated heterocycles. The summed E-state index contributed by atoms with van der Waals surface area (Å²) in [5.41, 5.74) is 2.95. The molecule has 7 heteroatoms. The number of carbonyl (C=O) groups is 1. The first kappa shape index (κ1) is 17.1. The largest absolute Gasteiger partial charge is 0.459 e. The van der Waals surface area contributed by atoms with E-state index in [-0.39, 0.29) is 36.4 Å². The molecular formula is C17H19NO4S2. The summed E-state index contributed by atoms with van der Waals surface area (Å²) in [5.74, 6) is -0.198. The van der Waals surface area contributed by atoms with E-state index < -0.39 is 9.84 Å². The average molecular weight is 365 g/mol. The maximum absolute atomic E-state index is 11.9. The molecule has 1 atom stereocenters. The van der Waals surface area contributed by atoms with Crippen molar-refractivity contribution in [2.24, 2.45) is 5.92 Å². The van der Waals surface area contributed by atoms with Gasteiger partial charge in [0.25, 0.3) is 0 Å². The molecule has 2 aromatic rings. The monoisotopic (exact) mass is 365 g/mol. The van der Waals surface area contributed by atoms with E-state index in [2.05, 4.69) is 4.98 Å². The molecule has 2 heterocycles. The van der Waals surface area contributed by atoms with Crippen molar-refractivity contribution in [2.45, 2.75) is 26.4 Å². The summed E-state index contributed by atoms with van der Waals surface area (Å²) >= 11 is 1.51. The fourth-order valence-corrected chi connectivity index (χ4v) is 5.36. The minimum absolute atomic E-state index is 0.0936. The molecule has 0 aliphatic carbocycles. The highest BCUT2D eigenvalue weighted by Crippen LogP contribution is 2.25. The average Bonchev–Trinajstić information content (AvgIpc) is 3.12. The summed E-state index contributed by atoms with van der Waals surface area (Å²) in [5, 5.41) is 2.77. The highest BCUT2D eigenvalue weighted by Gasteiger charge is 2.29. The number of benzene rings is 1. The van der Waals surface area contributed by atoms with Crippen LogP contribution in [0.3, 0.4) is 0 Å². The van der Waals surface area contributed by atoms with Gasteiger partial charge in [-0.2, -0.15) is 0 Å². The van der Waals surface area contributed by atoms with E-state index in [1.54, 1.807) is 0 Å². The van der Waals surface area contributed by atoms with Crippen LogP contribution in [0, 0.1) is 12.8 Å². The third kappa shape index (κ3) is 4.42. The zero-order chi connectivity index (χ0) is 17.2. The Balaban J connectivity index is 1.52. The molecule has 1 fully saturated rings. The number of carbonyl (C=O) groups excluding carboxylic acids is 1. The third-order valence-corrected chi connectivity index (χ3v) is 6.79.